The van der Waals surface area contributed by atoms with E-state index in [-0.39, 0.29) is 30.8 Å². The third-order valence-corrected chi connectivity index (χ3v) is 6.57. The molecule has 9 nitrogen and oxygen atoms in total. The van der Waals surface area contributed by atoms with E-state index in [0.717, 1.165) is 12.3 Å². The van der Waals surface area contributed by atoms with E-state index in [2.05, 4.69) is 20.9 Å². The summed E-state index contributed by atoms with van der Waals surface area (Å²) in [5.41, 5.74) is -0.305. The molecule has 236 valence electrons. The zero-order valence-corrected chi connectivity index (χ0v) is 24.0. The van der Waals surface area contributed by atoms with Crippen LogP contribution in [0.1, 0.15) is 70.0 Å². The lowest BCUT2D eigenvalue weighted by Crippen LogP contribution is -2.50. The van der Waals surface area contributed by atoms with Crippen LogP contribution in [-0.2, 0) is 20.9 Å². The molecule has 1 aromatic heterocycles. The van der Waals surface area contributed by atoms with E-state index in [4.69, 9.17) is 9.47 Å². The van der Waals surface area contributed by atoms with Gasteiger partial charge in [0.2, 0.25) is 11.8 Å². The minimum Gasteiger partial charge on any atom is -0.445 e. The molecule has 1 heterocycles. The maximum absolute atomic E-state index is 13.8. The molecule has 2 aromatic rings. The van der Waals surface area contributed by atoms with Crippen LogP contribution in [0.15, 0.2) is 48.7 Å². The van der Waals surface area contributed by atoms with Gasteiger partial charge in [0.25, 0.3) is 0 Å². The van der Waals surface area contributed by atoms with Gasteiger partial charge in [-0.15, -0.1) is 0 Å². The van der Waals surface area contributed by atoms with Crippen molar-refractivity contribution >= 4 is 23.9 Å². The number of alkyl halides is 5. The molecular weight excluding hydrogens is 579 g/mol. The molecule has 3 amide bonds. The van der Waals surface area contributed by atoms with Crippen LogP contribution >= 0.6 is 0 Å². The molecule has 1 aromatic carbocycles. The monoisotopic (exact) mass is 614 g/mol. The van der Waals surface area contributed by atoms with Crippen molar-refractivity contribution in [2.45, 2.75) is 89.3 Å². The molecule has 0 radical (unpaired) electrons. The summed E-state index contributed by atoms with van der Waals surface area (Å²) in [6, 6.07) is 8.24. The van der Waals surface area contributed by atoms with Gasteiger partial charge in [-0.3, -0.25) is 4.79 Å². The highest BCUT2D eigenvalue weighted by atomic mass is 19.4. The van der Waals surface area contributed by atoms with Crippen LogP contribution in [0.3, 0.4) is 0 Å². The summed E-state index contributed by atoms with van der Waals surface area (Å²) in [5.74, 6) is -4.55. The van der Waals surface area contributed by atoms with E-state index in [9.17, 15) is 36.3 Å². The second kappa shape index (κ2) is 14.0. The normalized spacial score (nSPS) is 16.8. The zero-order valence-electron chi connectivity index (χ0n) is 24.0. The Balaban J connectivity index is 1.77. The standard InChI is InChI=1S/C29H35F5N4O5/c1-27(2,3)43-26(41)36-21(16-29(32,33)34)20-11-14-35-22(15-20)37-24(39)23(19-9-12-28(30,31)13-10-19)38-25(40)42-17-18-7-5-4-6-8-18/h4-8,11,14-15,19,21,23H,9-10,12-13,16-17H2,1-3H3,(H,36,41)(H,38,40)(H,35,37,39)/t21?,23-/m0/s1. The summed E-state index contributed by atoms with van der Waals surface area (Å²) < 4.78 is 78.1. The maximum Gasteiger partial charge on any atom is 0.408 e. The van der Waals surface area contributed by atoms with Crippen molar-refractivity contribution in [2.24, 2.45) is 5.92 Å². The van der Waals surface area contributed by atoms with E-state index in [1.807, 2.05) is 0 Å². The molecule has 1 fully saturated rings. The number of hydrogen-bond acceptors (Lipinski definition) is 6. The van der Waals surface area contributed by atoms with Crippen LogP contribution in [0.25, 0.3) is 0 Å². The zero-order chi connectivity index (χ0) is 31.8. The number of ether oxygens (including phenoxy) is 2. The summed E-state index contributed by atoms with van der Waals surface area (Å²) in [7, 11) is 0. The number of aromatic nitrogens is 1. The number of anilines is 1. The number of amides is 3. The largest absolute Gasteiger partial charge is 0.445 e. The first-order valence-electron chi connectivity index (χ1n) is 13.7. The Kier molecular flexibility index (Phi) is 10.9. The van der Waals surface area contributed by atoms with Crippen LogP contribution < -0.4 is 16.0 Å². The van der Waals surface area contributed by atoms with Gasteiger partial charge in [0.15, 0.2) is 0 Å². The predicted octanol–water partition coefficient (Wildman–Crippen LogP) is 6.66. The lowest BCUT2D eigenvalue weighted by Gasteiger charge is -2.33. The Labute approximate surface area is 245 Å². The van der Waals surface area contributed by atoms with Crippen LogP contribution in [0.2, 0.25) is 0 Å². The molecule has 1 aliphatic carbocycles. The first-order valence-corrected chi connectivity index (χ1v) is 13.7. The minimum atomic E-state index is -4.66. The number of carbonyl (C=O) groups excluding carboxylic acids is 3. The quantitative estimate of drug-likeness (QED) is 0.272. The van der Waals surface area contributed by atoms with Crippen LogP contribution in [0.4, 0.5) is 37.4 Å². The average Bonchev–Trinajstić information content (AvgIpc) is 2.89. The van der Waals surface area contributed by atoms with Crippen molar-refractivity contribution in [1.29, 1.82) is 0 Å². The molecule has 1 aliphatic rings. The summed E-state index contributed by atoms with van der Waals surface area (Å²) in [6.45, 7) is 4.57. The van der Waals surface area contributed by atoms with Crippen molar-refractivity contribution in [3.63, 3.8) is 0 Å². The highest BCUT2D eigenvalue weighted by Gasteiger charge is 2.41. The molecule has 0 spiro atoms. The van der Waals surface area contributed by atoms with Gasteiger partial charge in [0, 0.05) is 19.0 Å². The molecule has 1 saturated carbocycles. The predicted molar refractivity (Wildman–Crippen MR) is 146 cm³/mol. The Hall–Kier alpha value is -3.97. The number of carbonyl (C=O) groups is 3. The van der Waals surface area contributed by atoms with Gasteiger partial charge in [-0.2, -0.15) is 13.2 Å². The molecule has 0 saturated heterocycles. The minimum absolute atomic E-state index is 0.0300. The molecule has 1 unspecified atom stereocenters. The van der Waals surface area contributed by atoms with Crippen molar-refractivity contribution in [3.05, 3.63) is 59.8 Å². The number of rotatable bonds is 9. The second-order valence-corrected chi connectivity index (χ2v) is 11.4. The fraction of sp³-hybridized carbons (Fsp3) is 0.517. The Morgan fingerprint density at radius 3 is 2.26 bits per heavy atom. The Bertz CT molecular complexity index is 1240. The fourth-order valence-corrected chi connectivity index (χ4v) is 4.55. The van der Waals surface area contributed by atoms with Gasteiger partial charge in [0.1, 0.15) is 24.1 Å². The molecule has 3 N–H and O–H groups in total. The highest BCUT2D eigenvalue weighted by molar-refractivity contribution is 5.96. The molecule has 2 atom stereocenters. The molecule has 3 rings (SSSR count). The number of halogens is 5. The van der Waals surface area contributed by atoms with Crippen LogP contribution in [-0.4, -0.2) is 46.8 Å². The average molecular weight is 615 g/mol. The number of hydrogen-bond donors (Lipinski definition) is 3. The maximum atomic E-state index is 13.8. The fourth-order valence-electron chi connectivity index (χ4n) is 4.55. The number of benzene rings is 1. The summed E-state index contributed by atoms with van der Waals surface area (Å²) in [5, 5.41) is 7.10. The van der Waals surface area contributed by atoms with Crippen molar-refractivity contribution in [2.75, 3.05) is 5.32 Å². The summed E-state index contributed by atoms with van der Waals surface area (Å²) >= 11 is 0. The van der Waals surface area contributed by atoms with Crippen molar-refractivity contribution < 1.29 is 45.8 Å². The third-order valence-electron chi connectivity index (χ3n) is 6.57. The molecule has 43 heavy (non-hydrogen) atoms. The molecule has 0 aliphatic heterocycles. The van der Waals surface area contributed by atoms with Gasteiger partial charge in [-0.25, -0.2) is 23.4 Å². The highest BCUT2D eigenvalue weighted by Crippen LogP contribution is 2.38. The summed E-state index contributed by atoms with van der Waals surface area (Å²) in [6.07, 6.45) is -8.07. The van der Waals surface area contributed by atoms with Gasteiger partial charge in [0.05, 0.1) is 12.5 Å². The van der Waals surface area contributed by atoms with Gasteiger partial charge >= 0.3 is 18.4 Å². The lowest BCUT2D eigenvalue weighted by atomic mass is 9.81. The lowest BCUT2D eigenvalue weighted by molar-refractivity contribution is -0.140. The Morgan fingerprint density at radius 1 is 1.00 bits per heavy atom. The smallest absolute Gasteiger partial charge is 0.408 e. The first-order chi connectivity index (χ1) is 20.0. The van der Waals surface area contributed by atoms with Gasteiger partial charge in [-0.1, -0.05) is 30.3 Å². The second-order valence-electron chi connectivity index (χ2n) is 11.4. The van der Waals surface area contributed by atoms with E-state index in [1.54, 1.807) is 51.1 Å². The number of pyridine rings is 1. The Morgan fingerprint density at radius 2 is 1.65 bits per heavy atom. The van der Waals surface area contributed by atoms with Crippen LogP contribution in [0.5, 0.6) is 0 Å². The van der Waals surface area contributed by atoms with E-state index < -0.39 is 73.1 Å². The van der Waals surface area contributed by atoms with Gasteiger partial charge in [-0.05, 0) is 62.8 Å². The van der Waals surface area contributed by atoms with E-state index in [1.165, 1.54) is 6.07 Å². The van der Waals surface area contributed by atoms with Crippen LogP contribution in [0, 0.1) is 5.92 Å². The van der Waals surface area contributed by atoms with Crippen molar-refractivity contribution in [1.82, 2.24) is 15.6 Å². The van der Waals surface area contributed by atoms with E-state index >= 15 is 0 Å². The first kappa shape index (κ1) is 33.5. The summed E-state index contributed by atoms with van der Waals surface area (Å²) in [4.78, 5) is 42.2. The number of nitrogens with zero attached hydrogens (tertiary/aromatic N) is 1. The molecular formula is C29H35F5N4O5. The molecule has 14 heteroatoms. The number of alkyl carbamates (subject to hydrolysis) is 2. The molecule has 0 bridgehead atoms. The SMILES string of the molecule is CC(C)(C)OC(=O)NC(CC(F)(F)F)c1ccnc(NC(=O)[C@@H](NC(=O)OCc2ccccc2)C2CCC(F)(F)CC2)c1. The number of nitrogens with one attached hydrogen (secondary N) is 3. The van der Waals surface area contributed by atoms with E-state index in [0.29, 0.717) is 5.56 Å². The third kappa shape index (κ3) is 11.7. The topological polar surface area (TPSA) is 119 Å². The van der Waals surface area contributed by atoms with Gasteiger partial charge < -0.3 is 25.4 Å². The van der Waals surface area contributed by atoms with Crippen molar-refractivity contribution in [3.8, 4) is 0 Å².